The van der Waals surface area contributed by atoms with Crippen molar-refractivity contribution in [3.8, 4) is 0 Å². The number of ether oxygens (including phenoxy) is 1. The molecule has 3 heterocycles. The van der Waals surface area contributed by atoms with Crippen molar-refractivity contribution in [2.24, 2.45) is 41.4 Å². The second kappa shape index (κ2) is 38.5. The molecule has 3 fully saturated rings. The minimum Gasteiger partial charge on any atom is -0.390 e. The number of aliphatic hydroxyl groups excluding tert-OH is 1. The molecule has 0 spiro atoms. The van der Waals surface area contributed by atoms with E-state index in [9.17, 15) is 24.3 Å². The van der Waals surface area contributed by atoms with E-state index in [2.05, 4.69) is 31.1 Å². The van der Waals surface area contributed by atoms with Crippen molar-refractivity contribution in [2.45, 2.75) is 241 Å². The zero-order chi connectivity index (χ0) is 74.0. The van der Waals surface area contributed by atoms with E-state index in [1.165, 1.54) is 99.5 Å². The minimum absolute atomic E-state index is 0.0580. The van der Waals surface area contributed by atoms with Gasteiger partial charge in [-0.1, -0.05) is 109 Å². The Bertz CT molecular complexity index is 2680. The Balaban J connectivity index is 2.41. The highest BCUT2D eigenvalue weighted by Gasteiger charge is 2.51. The number of nitrogens with one attached hydrogen (secondary N) is 4. The number of hydrogen-bond donors (Lipinski definition) is 5. The van der Waals surface area contributed by atoms with Crippen LogP contribution < -0.4 is 21.3 Å². The summed E-state index contributed by atoms with van der Waals surface area (Å²) in [6, 6.07) is -12.4. The Morgan fingerprint density at radius 1 is 0.557 bits per heavy atom. The van der Waals surface area contributed by atoms with Crippen LogP contribution in [0.5, 0.6) is 0 Å². The summed E-state index contributed by atoms with van der Waals surface area (Å²) in [4.78, 5) is 178. The van der Waals surface area contributed by atoms with Crippen molar-refractivity contribution in [3.63, 3.8) is 0 Å². The summed E-state index contributed by atoms with van der Waals surface area (Å²) in [5, 5.41) is 24.1. The Hall–Kier alpha value is -6.09. The Labute approximate surface area is 580 Å². The van der Waals surface area contributed by atoms with Crippen molar-refractivity contribution < 1.29 is 62.6 Å². The standard InChI is InChI=1S/C71H127N13O13/c1-25-27-29-47(13)60(86)59-63(89)74-53(28-26-2)66(92)76(18)51(17)65(91)82(24)71(41-85,48(14)38-83-32-34-84(35-33-83)52-39-97-40-52)75-57(45(9)10)69(95)77(19)54(31-30-42(3)4)62(88)72-49(15)61(87)73-50(16)64(90)78(20)55(36-43(5)6)67(93)79(21)56(37-44(7)8)68(94)80(22)58(46(11)12)70(96)81(59)23/h25,27,41-60,75,86H,26,28-40H2,1-24H3,(H,72,88)(H,73,87)(H,74,89)/b27-25+/t47-,48-,49+,50-,51-,53+,54+,55+,56+,57+,58+,59+,60-,71-/m1/s1. The van der Waals surface area contributed by atoms with Crippen LogP contribution in [0.2, 0.25) is 0 Å². The monoisotopic (exact) mass is 1370 g/mol. The van der Waals surface area contributed by atoms with Gasteiger partial charge >= 0.3 is 0 Å². The fourth-order valence-corrected chi connectivity index (χ4v) is 13.4. The van der Waals surface area contributed by atoms with Gasteiger partial charge in [0.05, 0.1) is 31.4 Å². The smallest absolute Gasteiger partial charge is 0.246 e. The summed E-state index contributed by atoms with van der Waals surface area (Å²) in [5.74, 6) is -9.60. The van der Waals surface area contributed by atoms with Gasteiger partial charge in [0.2, 0.25) is 59.1 Å². The van der Waals surface area contributed by atoms with E-state index in [-0.39, 0.29) is 50.0 Å². The second-order valence-corrected chi connectivity index (χ2v) is 30.0. The summed E-state index contributed by atoms with van der Waals surface area (Å²) < 4.78 is 5.48. The van der Waals surface area contributed by atoms with Crippen LogP contribution in [0, 0.1) is 41.4 Å². The first-order valence-electron chi connectivity index (χ1n) is 35.5. The number of hydrogen-bond acceptors (Lipinski definition) is 16. The highest BCUT2D eigenvalue weighted by atomic mass is 16.5. The summed E-state index contributed by atoms with van der Waals surface area (Å²) in [5.41, 5.74) is -1.95. The van der Waals surface area contributed by atoms with Gasteiger partial charge in [0.1, 0.15) is 54.4 Å². The molecule has 3 rings (SSSR count). The van der Waals surface area contributed by atoms with E-state index >= 15 is 33.6 Å². The fraction of sp³-hybridized carbons (Fsp3) is 0.817. The molecule has 26 nitrogen and oxygen atoms in total. The summed E-state index contributed by atoms with van der Waals surface area (Å²) in [6.45, 7) is 34.4. The molecule has 0 bridgehead atoms. The predicted octanol–water partition coefficient (Wildman–Crippen LogP) is 3.04. The molecule has 3 aliphatic heterocycles. The van der Waals surface area contributed by atoms with Crippen molar-refractivity contribution in [1.82, 2.24) is 65.4 Å². The van der Waals surface area contributed by atoms with Gasteiger partial charge < -0.3 is 65.0 Å². The van der Waals surface area contributed by atoms with Gasteiger partial charge in [-0.2, -0.15) is 0 Å². The van der Waals surface area contributed by atoms with E-state index in [1.807, 2.05) is 68.4 Å². The maximum absolute atomic E-state index is 15.5. The number of allylic oxidation sites excluding steroid dienone is 2. The van der Waals surface area contributed by atoms with Crippen LogP contribution >= 0.6 is 0 Å². The number of carbonyl (C=O) groups is 11. The van der Waals surface area contributed by atoms with Crippen LogP contribution in [0.25, 0.3) is 0 Å². The number of rotatable bonds is 20. The molecule has 554 valence electrons. The predicted molar refractivity (Wildman–Crippen MR) is 375 cm³/mol. The molecule has 3 saturated heterocycles. The fourth-order valence-electron chi connectivity index (χ4n) is 13.4. The lowest BCUT2D eigenvalue weighted by atomic mass is 9.88. The molecule has 0 unspecified atom stereocenters. The molecular formula is C71H127N13O13. The largest absolute Gasteiger partial charge is 0.390 e. The van der Waals surface area contributed by atoms with Crippen molar-refractivity contribution in [3.05, 3.63) is 12.2 Å². The normalized spacial score (nSPS) is 29.0. The average Bonchev–Trinajstić information content (AvgIpc) is 0.780. The first kappa shape index (κ1) is 85.1. The zero-order valence-electron chi connectivity index (χ0n) is 63.5. The van der Waals surface area contributed by atoms with Crippen molar-refractivity contribution in [2.75, 3.05) is 95.3 Å². The maximum atomic E-state index is 15.5. The van der Waals surface area contributed by atoms with Crippen LogP contribution in [0.1, 0.15) is 163 Å². The summed E-state index contributed by atoms with van der Waals surface area (Å²) in [7, 11) is 10.1. The number of piperazine rings is 1. The number of aldehydes is 1. The van der Waals surface area contributed by atoms with E-state index in [0.717, 1.165) is 18.0 Å². The number of aliphatic hydroxyl groups is 1. The van der Waals surface area contributed by atoms with Crippen molar-refractivity contribution >= 4 is 65.4 Å². The lowest BCUT2D eigenvalue weighted by Gasteiger charge is -2.49. The van der Waals surface area contributed by atoms with E-state index in [0.29, 0.717) is 57.9 Å². The first-order chi connectivity index (χ1) is 45.2. The van der Waals surface area contributed by atoms with E-state index in [4.69, 9.17) is 4.74 Å². The molecule has 0 saturated carbocycles. The maximum Gasteiger partial charge on any atom is 0.246 e. The van der Waals surface area contributed by atoms with Gasteiger partial charge in [-0.3, -0.25) is 63.0 Å². The molecule has 0 radical (unpaired) electrons. The Kier molecular flexibility index (Phi) is 33.8. The number of nitrogens with zero attached hydrogens (tertiary/aromatic N) is 9. The quantitative estimate of drug-likeness (QED) is 0.0865. The van der Waals surface area contributed by atoms with Crippen molar-refractivity contribution in [1.29, 1.82) is 0 Å². The highest BCUT2D eigenvalue weighted by Crippen LogP contribution is 2.29. The van der Waals surface area contributed by atoms with Crippen LogP contribution in [-0.4, -0.2) is 288 Å². The molecule has 3 aliphatic rings. The molecular weight excluding hydrogens is 1240 g/mol. The summed E-state index contributed by atoms with van der Waals surface area (Å²) in [6.07, 6.45) is 4.36. The van der Waals surface area contributed by atoms with Gasteiger partial charge in [-0.25, -0.2) is 0 Å². The Morgan fingerprint density at radius 3 is 1.55 bits per heavy atom. The van der Waals surface area contributed by atoms with Gasteiger partial charge in [0, 0.05) is 88.0 Å². The molecule has 97 heavy (non-hydrogen) atoms. The minimum atomic E-state index is -1.95. The molecule has 0 aromatic carbocycles. The topological polar surface area (TPSA) is 295 Å². The third-order valence-electron chi connectivity index (χ3n) is 20.2. The zero-order valence-corrected chi connectivity index (χ0v) is 63.5. The third kappa shape index (κ3) is 22.0. The highest BCUT2D eigenvalue weighted by molar-refractivity contribution is 5.99. The number of amides is 10. The van der Waals surface area contributed by atoms with E-state index < -0.39 is 155 Å². The third-order valence-corrected chi connectivity index (χ3v) is 20.2. The van der Waals surface area contributed by atoms with E-state index in [1.54, 1.807) is 40.7 Å². The average molecular weight is 1370 g/mol. The molecule has 26 heteroatoms. The van der Waals surface area contributed by atoms with Crippen LogP contribution in [-0.2, 0) is 57.5 Å². The SMILES string of the molecule is C/C=C/C[C@@H](C)[C@@H](O)[C@H]1C(=O)N[C@@H](CCC)C(=O)N(C)[C@H](C)C(=O)N(C)[C@](C=O)([C@H](C)CN2CCN(C3COC3)CC2)N[C@@H](C(C)C)C(=O)N(C)[C@@H](CCC(C)C)C(=O)N[C@@H](C)C(=O)N[C@H](C)C(=O)N(C)[C@@H](CC(C)C)C(=O)N(C)[C@@H](CC(C)C)C(=O)N(C)[C@@H](C(C)C)C(=O)N1C. The molecule has 0 aromatic rings. The Morgan fingerprint density at radius 2 is 1.07 bits per heavy atom. The molecule has 5 N–H and O–H groups in total. The van der Waals surface area contributed by atoms with Gasteiger partial charge in [0.15, 0.2) is 11.9 Å². The van der Waals surface area contributed by atoms with Gasteiger partial charge in [0.25, 0.3) is 0 Å². The van der Waals surface area contributed by atoms with Crippen LogP contribution in [0.3, 0.4) is 0 Å². The lowest BCUT2D eigenvalue weighted by molar-refractivity contribution is -0.158. The molecule has 0 aromatic heterocycles. The lowest BCUT2D eigenvalue weighted by Crippen LogP contribution is -2.72. The second-order valence-electron chi connectivity index (χ2n) is 30.0. The van der Waals surface area contributed by atoms with Gasteiger partial charge in [-0.15, -0.1) is 0 Å². The molecule has 10 amide bonds. The van der Waals surface area contributed by atoms with Gasteiger partial charge in [-0.05, 0) is 102 Å². The number of likely N-dealkylation sites (N-methyl/N-ethyl adjacent to an activating group) is 7. The molecule has 0 aliphatic carbocycles. The van der Waals surface area contributed by atoms with Crippen LogP contribution in [0.15, 0.2) is 12.2 Å². The van der Waals surface area contributed by atoms with Crippen LogP contribution in [0.4, 0.5) is 0 Å². The number of carbonyl (C=O) groups excluding carboxylic acids is 11. The molecule has 14 atom stereocenters. The first-order valence-corrected chi connectivity index (χ1v) is 35.5. The summed E-state index contributed by atoms with van der Waals surface area (Å²) >= 11 is 0.